The lowest BCUT2D eigenvalue weighted by Gasteiger charge is -2.21. The molecule has 1 atom stereocenters. The molecule has 128 valence electrons. The molecule has 8 heteroatoms. The normalized spacial score (nSPS) is 12.5. The van der Waals surface area contributed by atoms with Crippen molar-refractivity contribution >= 4 is 30.6 Å². The molecule has 3 rings (SSSR count). The van der Waals surface area contributed by atoms with Gasteiger partial charge in [0.15, 0.2) is 5.65 Å². The number of aliphatic hydroxyl groups is 1. The van der Waals surface area contributed by atoms with Crippen molar-refractivity contribution in [3.05, 3.63) is 42.4 Å². The number of nitrogens with zero attached hydrogens (tertiary/aromatic N) is 4. The van der Waals surface area contributed by atoms with Gasteiger partial charge in [0.2, 0.25) is 0 Å². The lowest BCUT2D eigenvalue weighted by molar-refractivity contribution is 0.249. The van der Waals surface area contributed by atoms with Gasteiger partial charge in [0.1, 0.15) is 19.5 Å². The van der Waals surface area contributed by atoms with Crippen LogP contribution in [0.5, 0.6) is 0 Å². The number of rotatable bonds is 7. The zero-order valence-electron chi connectivity index (χ0n) is 14.3. The van der Waals surface area contributed by atoms with Gasteiger partial charge in [0.25, 0.3) is 0 Å². The standard InChI is InChI=1S/C17H21BN6O/c1-11(2)14(10-25)22-15-6-16(20-8-12-4-3-5-19-7-12)24-17(23-15)13(18)9-21-24/h3-7,9,11,14,20,25H,8,10H2,1-2H3,(H,22,23)/t14-/m0/s1. The van der Waals surface area contributed by atoms with E-state index >= 15 is 0 Å². The first kappa shape index (κ1) is 17.2. The third-order valence-corrected chi connectivity index (χ3v) is 4.03. The Bertz CT molecular complexity index is 836. The Labute approximate surface area is 147 Å². The minimum absolute atomic E-state index is 0.0255. The summed E-state index contributed by atoms with van der Waals surface area (Å²) in [6.45, 7) is 4.71. The summed E-state index contributed by atoms with van der Waals surface area (Å²) in [5, 5.41) is 20.4. The predicted molar refractivity (Wildman–Crippen MR) is 99.3 cm³/mol. The van der Waals surface area contributed by atoms with Crippen molar-refractivity contribution < 1.29 is 5.11 Å². The van der Waals surface area contributed by atoms with Crippen molar-refractivity contribution in [3.8, 4) is 0 Å². The first-order chi connectivity index (χ1) is 12.1. The van der Waals surface area contributed by atoms with Crippen LogP contribution in [0.15, 0.2) is 36.8 Å². The van der Waals surface area contributed by atoms with Crippen LogP contribution in [0.1, 0.15) is 19.4 Å². The molecule has 7 nitrogen and oxygen atoms in total. The summed E-state index contributed by atoms with van der Waals surface area (Å²) in [4.78, 5) is 8.64. The van der Waals surface area contributed by atoms with Crippen LogP contribution < -0.4 is 16.1 Å². The second-order valence-corrected chi connectivity index (χ2v) is 6.25. The van der Waals surface area contributed by atoms with E-state index in [0.717, 1.165) is 11.4 Å². The van der Waals surface area contributed by atoms with Crippen LogP contribution in [0.3, 0.4) is 0 Å². The molecule has 0 aliphatic carbocycles. The highest BCUT2D eigenvalue weighted by atomic mass is 16.3. The van der Waals surface area contributed by atoms with E-state index in [1.165, 1.54) is 0 Å². The maximum atomic E-state index is 9.55. The molecule has 0 bridgehead atoms. The maximum Gasteiger partial charge on any atom is 0.152 e. The fourth-order valence-electron chi connectivity index (χ4n) is 2.49. The van der Waals surface area contributed by atoms with Crippen LogP contribution in [0, 0.1) is 5.92 Å². The van der Waals surface area contributed by atoms with Gasteiger partial charge < -0.3 is 15.7 Å². The van der Waals surface area contributed by atoms with Crippen molar-refractivity contribution in [2.24, 2.45) is 5.92 Å². The Hall–Kier alpha value is -2.61. The number of hydrogen-bond donors (Lipinski definition) is 3. The van der Waals surface area contributed by atoms with Crippen LogP contribution in [-0.4, -0.2) is 45.2 Å². The number of aliphatic hydroxyl groups excluding tert-OH is 1. The second-order valence-electron chi connectivity index (χ2n) is 6.25. The number of fused-ring (bicyclic) bond motifs is 1. The van der Waals surface area contributed by atoms with E-state index in [-0.39, 0.29) is 18.6 Å². The molecular formula is C17H21BN6O. The van der Waals surface area contributed by atoms with E-state index < -0.39 is 0 Å². The first-order valence-electron chi connectivity index (χ1n) is 8.23. The van der Waals surface area contributed by atoms with Gasteiger partial charge in [-0.1, -0.05) is 19.9 Å². The molecule has 0 spiro atoms. The van der Waals surface area contributed by atoms with Crippen LogP contribution in [0.2, 0.25) is 0 Å². The third kappa shape index (κ3) is 3.91. The third-order valence-electron chi connectivity index (χ3n) is 4.03. The van der Waals surface area contributed by atoms with Crippen molar-refractivity contribution in [1.29, 1.82) is 0 Å². The van der Waals surface area contributed by atoms with Gasteiger partial charge >= 0.3 is 0 Å². The van der Waals surface area contributed by atoms with Crippen molar-refractivity contribution in [3.63, 3.8) is 0 Å². The van der Waals surface area contributed by atoms with Crippen LogP contribution in [-0.2, 0) is 6.54 Å². The maximum absolute atomic E-state index is 9.55. The fourth-order valence-corrected chi connectivity index (χ4v) is 2.49. The average molecular weight is 336 g/mol. The Balaban J connectivity index is 1.90. The first-order valence-corrected chi connectivity index (χ1v) is 8.23. The summed E-state index contributed by atoms with van der Waals surface area (Å²) >= 11 is 0. The van der Waals surface area contributed by atoms with Gasteiger partial charge in [0, 0.05) is 31.2 Å². The van der Waals surface area contributed by atoms with Crippen LogP contribution in [0.25, 0.3) is 5.65 Å². The Morgan fingerprint density at radius 3 is 2.84 bits per heavy atom. The van der Waals surface area contributed by atoms with Crippen molar-refractivity contribution in [2.75, 3.05) is 17.2 Å². The molecule has 0 unspecified atom stereocenters. The van der Waals surface area contributed by atoms with E-state index in [9.17, 15) is 5.11 Å². The molecule has 0 saturated heterocycles. The van der Waals surface area contributed by atoms with Crippen molar-refractivity contribution in [2.45, 2.75) is 26.4 Å². The molecule has 0 amide bonds. The summed E-state index contributed by atoms with van der Waals surface area (Å²) in [6, 6.07) is 5.66. The Morgan fingerprint density at radius 1 is 1.32 bits per heavy atom. The van der Waals surface area contributed by atoms with E-state index in [1.807, 2.05) is 38.2 Å². The molecule has 3 aromatic heterocycles. The number of aromatic nitrogens is 4. The van der Waals surface area contributed by atoms with Gasteiger partial charge in [-0.2, -0.15) is 9.61 Å². The molecule has 0 aliphatic heterocycles. The molecule has 0 fully saturated rings. The Kier molecular flexibility index (Phi) is 5.18. The summed E-state index contributed by atoms with van der Waals surface area (Å²) in [6.07, 6.45) is 5.13. The largest absolute Gasteiger partial charge is 0.394 e. The predicted octanol–water partition coefficient (Wildman–Crippen LogP) is 0.959. The van der Waals surface area contributed by atoms with Gasteiger partial charge in [0.05, 0.1) is 12.6 Å². The lowest BCUT2D eigenvalue weighted by Crippen LogP contribution is -2.30. The molecule has 3 heterocycles. The second kappa shape index (κ2) is 7.52. The highest BCUT2D eigenvalue weighted by Crippen LogP contribution is 2.18. The molecule has 0 aliphatic rings. The number of hydrogen-bond acceptors (Lipinski definition) is 6. The monoisotopic (exact) mass is 336 g/mol. The molecule has 3 aromatic rings. The summed E-state index contributed by atoms with van der Waals surface area (Å²) < 4.78 is 1.67. The van der Waals surface area contributed by atoms with Gasteiger partial charge in [-0.05, 0) is 23.0 Å². The molecule has 25 heavy (non-hydrogen) atoms. The van der Waals surface area contributed by atoms with E-state index in [0.29, 0.717) is 23.5 Å². The SMILES string of the molecule is [B]c1cnn2c(NCc3cccnc3)cc(N[C@@H](CO)C(C)C)nc12. The minimum Gasteiger partial charge on any atom is -0.394 e. The van der Waals surface area contributed by atoms with Gasteiger partial charge in [-0.25, -0.2) is 4.98 Å². The van der Waals surface area contributed by atoms with Crippen LogP contribution >= 0.6 is 0 Å². The Morgan fingerprint density at radius 2 is 2.16 bits per heavy atom. The van der Waals surface area contributed by atoms with Gasteiger partial charge in [-0.3, -0.25) is 4.98 Å². The average Bonchev–Trinajstić information content (AvgIpc) is 2.99. The highest BCUT2D eigenvalue weighted by Gasteiger charge is 2.15. The highest BCUT2D eigenvalue weighted by molar-refractivity contribution is 6.36. The van der Waals surface area contributed by atoms with Crippen molar-refractivity contribution in [1.82, 2.24) is 19.6 Å². The topological polar surface area (TPSA) is 87.4 Å². The molecule has 3 N–H and O–H groups in total. The summed E-state index contributed by atoms with van der Waals surface area (Å²) in [5.41, 5.74) is 2.12. The van der Waals surface area contributed by atoms with E-state index in [4.69, 9.17) is 7.85 Å². The summed E-state index contributed by atoms with van der Waals surface area (Å²) in [7, 11) is 5.98. The molecule has 2 radical (unpaired) electrons. The fraction of sp³-hybridized carbons (Fsp3) is 0.353. The zero-order chi connectivity index (χ0) is 17.8. The zero-order valence-corrected chi connectivity index (χ0v) is 14.3. The molecular weight excluding hydrogens is 315 g/mol. The van der Waals surface area contributed by atoms with E-state index in [2.05, 4.69) is 25.7 Å². The lowest BCUT2D eigenvalue weighted by atomic mass is 10.0. The summed E-state index contributed by atoms with van der Waals surface area (Å²) in [5.74, 6) is 1.66. The quantitative estimate of drug-likeness (QED) is 0.557. The molecule has 0 saturated carbocycles. The van der Waals surface area contributed by atoms with Crippen LogP contribution in [0.4, 0.5) is 11.6 Å². The number of pyridine rings is 1. The number of anilines is 2. The number of nitrogens with one attached hydrogen (secondary N) is 2. The minimum atomic E-state index is -0.0923. The van der Waals surface area contributed by atoms with E-state index in [1.54, 1.807) is 16.9 Å². The van der Waals surface area contributed by atoms with Gasteiger partial charge in [-0.15, -0.1) is 0 Å². The smallest absolute Gasteiger partial charge is 0.152 e. The molecule has 0 aromatic carbocycles.